The minimum absolute atomic E-state index is 0.535. The Morgan fingerprint density at radius 1 is 1.38 bits per heavy atom. The van der Waals surface area contributed by atoms with Crippen molar-refractivity contribution in [3.8, 4) is 6.07 Å². The number of rotatable bonds is 6. The molecule has 0 amide bonds. The molecular weight excluding hydrogens is 366 g/mol. The van der Waals surface area contributed by atoms with E-state index in [0.29, 0.717) is 28.8 Å². The number of nitriles is 1. The van der Waals surface area contributed by atoms with E-state index in [2.05, 4.69) is 26.6 Å². The van der Waals surface area contributed by atoms with Crippen molar-refractivity contribution < 1.29 is 4.74 Å². The predicted octanol–water partition coefficient (Wildman–Crippen LogP) is 3.82. The summed E-state index contributed by atoms with van der Waals surface area (Å²) in [5, 5.41) is 23.4. The van der Waals surface area contributed by atoms with Crippen LogP contribution >= 0.6 is 34.7 Å². The molecule has 0 unspecified atom stereocenters. The van der Waals surface area contributed by atoms with Gasteiger partial charge in [0.25, 0.3) is 0 Å². The molecule has 3 aromatic rings. The van der Waals surface area contributed by atoms with Crippen LogP contribution in [0, 0.1) is 11.3 Å². The number of nitrogens with one attached hydrogen (secondary N) is 1. The fraction of sp³-hybridized carbons (Fsp3) is 0.200. The van der Waals surface area contributed by atoms with Crippen LogP contribution in [0.15, 0.2) is 33.6 Å². The Bertz CT molecular complexity index is 909. The SMILES string of the molecule is COCCNc1nnc(Sc2cc(C#N)c3cc(Cl)ccc3n2)s1. The van der Waals surface area contributed by atoms with Crippen LogP contribution in [0.25, 0.3) is 10.9 Å². The molecule has 24 heavy (non-hydrogen) atoms. The Morgan fingerprint density at radius 2 is 2.25 bits per heavy atom. The molecular formula is C15H12ClN5OS2. The van der Waals surface area contributed by atoms with Crippen LogP contribution in [0.2, 0.25) is 5.02 Å². The van der Waals surface area contributed by atoms with E-state index < -0.39 is 0 Å². The highest BCUT2D eigenvalue weighted by molar-refractivity contribution is 8.01. The maximum absolute atomic E-state index is 9.36. The zero-order chi connectivity index (χ0) is 16.9. The quantitative estimate of drug-likeness (QED) is 0.653. The topological polar surface area (TPSA) is 83.7 Å². The summed E-state index contributed by atoms with van der Waals surface area (Å²) in [7, 11) is 1.65. The van der Waals surface area contributed by atoms with Gasteiger partial charge in [0.05, 0.1) is 23.8 Å². The van der Waals surface area contributed by atoms with Gasteiger partial charge in [0.1, 0.15) is 5.03 Å². The molecule has 2 heterocycles. The second-order valence-corrected chi connectivity index (χ2v) is 7.36. The van der Waals surface area contributed by atoms with Gasteiger partial charge in [-0.05, 0) is 36.0 Å². The standard InChI is InChI=1S/C15H12ClN5OS2/c1-22-5-4-18-14-20-21-15(24-14)23-13-6-9(8-17)11-7-10(16)2-3-12(11)19-13/h2-3,6-7H,4-5H2,1H3,(H,18,20). The molecule has 1 aromatic carbocycles. The van der Waals surface area contributed by atoms with Gasteiger partial charge in [-0.1, -0.05) is 22.9 Å². The van der Waals surface area contributed by atoms with Gasteiger partial charge in [0.15, 0.2) is 4.34 Å². The van der Waals surface area contributed by atoms with E-state index in [9.17, 15) is 5.26 Å². The van der Waals surface area contributed by atoms with Crippen LogP contribution in [0.3, 0.4) is 0 Å². The molecule has 0 aliphatic rings. The average Bonchev–Trinajstić information content (AvgIpc) is 3.02. The average molecular weight is 378 g/mol. The number of benzene rings is 1. The van der Waals surface area contributed by atoms with Gasteiger partial charge in [0.2, 0.25) is 5.13 Å². The van der Waals surface area contributed by atoms with Crippen LogP contribution in [0.4, 0.5) is 5.13 Å². The molecule has 0 spiro atoms. The third kappa shape index (κ3) is 3.94. The largest absolute Gasteiger partial charge is 0.383 e. The van der Waals surface area contributed by atoms with Crippen molar-refractivity contribution in [1.29, 1.82) is 5.26 Å². The first-order valence-corrected chi connectivity index (χ1v) is 8.95. The Labute approximate surface area is 151 Å². The first-order chi connectivity index (χ1) is 11.7. The zero-order valence-corrected chi connectivity index (χ0v) is 15.0. The number of ether oxygens (including phenoxy) is 1. The third-order valence-electron chi connectivity index (χ3n) is 3.05. The molecule has 0 aliphatic carbocycles. The van der Waals surface area contributed by atoms with Crippen LogP contribution in [0.1, 0.15) is 5.56 Å². The molecule has 6 nitrogen and oxygen atoms in total. The van der Waals surface area contributed by atoms with Crippen molar-refractivity contribution in [2.45, 2.75) is 9.37 Å². The molecule has 0 radical (unpaired) electrons. The first kappa shape index (κ1) is 16.9. The molecule has 0 saturated carbocycles. The lowest BCUT2D eigenvalue weighted by Crippen LogP contribution is -2.06. The van der Waals surface area contributed by atoms with Crippen LogP contribution in [-0.2, 0) is 4.74 Å². The highest BCUT2D eigenvalue weighted by atomic mass is 35.5. The summed E-state index contributed by atoms with van der Waals surface area (Å²) in [6, 6.07) is 9.25. The lowest BCUT2D eigenvalue weighted by atomic mass is 10.1. The smallest absolute Gasteiger partial charge is 0.206 e. The second-order valence-electron chi connectivity index (χ2n) is 4.68. The number of hydrogen-bond donors (Lipinski definition) is 1. The van der Waals surface area contributed by atoms with Crippen LogP contribution in [-0.4, -0.2) is 35.4 Å². The van der Waals surface area contributed by atoms with Crippen molar-refractivity contribution >= 4 is 50.7 Å². The van der Waals surface area contributed by atoms with Gasteiger partial charge < -0.3 is 10.1 Å². The molecule has 0 fully saturated rings. The van der Waals surface area contributed by atoms with Crippen molar-refractivity contribution in [1.82, 2.24) is 15.2 Å². The van der Waals surface area contributed by atoms with E-state index in [0.717, 1.165) is 20.4 Å². The van der Waals surface area contributed by atoms with Crippen LogP contribution in [0.5, 0.6) is 0 Å². The van der Waals surface area contributed by atoms with Crippen molar-refractivity contribution in [3.63, 3.8) is 0 Å². The maximum Gasteiger partial charge on any atom is 0.206 e. The molecule has 9 heteroatoms. The molecule has 122 valence electrons. The molecule has 2 aromatic heterocycles. The van der Waals surface area contributed by atoms with Gasteiger partial charge in [-0.15, -0.1) is 10.2 Å². The number of aromatic nitrogens is 3. The van der Waals surface area contributed by atoms with Gasteiger partial charge in [0, 0.05) is 24.1 Å². The lowest BCUT2D eigenvalue weighted by molar-refractivity contribution is 0.211. The van der Waals surface area contributed by atoms with Gasteiger partial charge in [-0.2, -0.15) is 5.26 Å². The molecule has 0 atom stereocenters. The number of anilines is 1. The lowest BCUT2D eigenvalue weighted by Gasteiger charge is -2.03. The highest BCUT2D eigenvalue weighted by Gasteiger charge is 2.11. The van der Waals surface area contributed by atoms with E-state index in [4.69, 9.17) is 16.3 Å². The summed E-state index contributed by atoms with van der Waals surface area (Å²) in [4.78, 5) is 4.56. The van der Waals surface area contributed by atoms with E-state index in [1.165, 1.54) is 23.1 Å². The van der Waals surface area contributed by atoms with E-state index in [1.54, 1.807) is 31.4 Å². The van der Waals surface area contributed by atoms with E-state index in [1.807, 2.05) is 0 Å². The normalized spacial score (nSPS) is 10.7. The van der Waals surface area contributed by atoms with E-state index >= 15 is 0 Å². The summed E-state index contributed by atoms with van der Waals surface area (Å²) in [6.45, 7) is 1.27. The summed E-state index contributed by atoms with van der Waals surface area (Å²) < 4.78 is 5.73. The van der Waals surface area contributed by atoms with Crippen molar-refractivity contribution in [2.24, 2.45) is 0 Å². The predicted molar refractivity (Wildman–Crippen MR) is 95.9 cm³/mol. The van der Waals surface area contributed by atoms with Gasteiger partial charge in [-0.3, -0.25) is 0 Å². The number of nitrogens with zero attached hydrogens (tertiary/aromatic N) is 4. The van der Waals surface area contributed by atoms with Crippen molar-refractivity contribution in [3.05, 3.63) is 34.9 Å². The Hall–Kier alpha value is -1.92. The summed E-state index contributed by atoms with van der Waals surface area (Å²) >= 11 is 8.80. The first-order valence-electron chi connectivity index (χ1n) is 6.94. The molecule has 1 N–H and O–H groups in total. The number of hydrogen-bond acceptors (Lipinski definition) is 8. The molecule has 3 rings (SSSR count). The number of fused-ring (bicyclic) bond motifs is 1. The molecule has 0 bridgehead atoms. The second kappa shape index (κ2) is 7.77. The Kier molecular flexibility index (Phi) is 5.48. The number of methoxy groups -OCH3 is 1. The van der Waals surface area contributed by atoms with Gasteiger partial charge in [-0.25, -0.2) is 4.98 Å². The van der Waals surface area contributed by atoms with Crippen LogP contribution < -0.4 is 5.32 Å². The molecule has 0 saturated heterocycles. The zero-order valence-electron chi connectivity index (χ0n) is 12.6. The number of pyridine rings is 1. The molecule has 0 aliphatic heterocycles. The fourth-order valence-electron chi connectivity index (χ4n) is 1.99. The number of halogens is 1. The van der Waals surface area contributed by atoms with Crippen molar-refractivity contribution in [2.75, 3.05) is 25.6 Å². The third-order valence-corrected chi connectivity index (χ3v) is 5.13. The Balaban J connectivity index is 1.83. The minimum Gasteiger partial charge on any atom is -0.383 e. The maximum atomic E-state index is 9.36. The highest BCUT2D eigenvalue weighted by Crippen LogP contribution is 2.33. The summed E-state index contributed by atoms with van der Waals surface area (Å²) in [6.07, 6.45) is 0. The fourth-order valence-corrected chi connectivity index (χ4v) is 3.91. The minimum atomic E-state index is 0.535. The van der Waals surface area contributed by atoms with E-state index in [-0.39, 0.29) is 0 Å². The van der Waals surface area contributed by atoms with Gasteiger partial charge >= 0.3 is 0 Å². The summed E-state index contributed by atoms with van der Waals surface area (Å²) in [5.41, 5.74) is 1.26. The Morgan fingerprint density at radius 3 is 3.04 bits per heavy atom. The monoisotopic (exact) mass is 377 g/mol. The summed E-state index contributed by atoms with van der Waals surface area (Å²) in [5.74, 6) is 0.